The predicted molar refractivity (Wildman–Crippen MR) is 119 cm³/mol. The molecule has 1 N–H and O–H groups in total. The van der Waals surface area contributed by atoms with Crippen molar-refractivity contribution in [2.75, 3.05) is 6.54 Å². The molecule has 3 aromatic rings. The van der Waals surface area contributed by atoms with Crippen molar-refractivity contribution in [3.05, 3.63) is 88.5 Å². The highest BCUT2D eigenvalue weighted by molar-refractivity contribution is 7.80. The standard InChI is InChI=1S/C22H23N5O2S/c1-15(2)14-26-21(20(24-22(26)30)18-9-3-4-11-23-18)19-10-6-12-25(19)16-7-5-8-17(13-16)27(28)29/h3-13,15,20-21H,14H2,1-2H3,(H,24,30)/t20-,21+/m1/s1. The SMILES string of the molecule is CC(C)CN1C(=S)N[C@H](c2ccccn2)[C@@H]1c1cccn1-c1cccc([N+](=O)[O-])c1. The zero-order valence-corrected chi connectivity index (χ0v) is 17.6. The van der Waals surface area contributed by atoms with Crippen molar-refractivity contribution < 1.29 is 4.92 Å². The van der Waals surface area contributed by atoms with Crippen LogP contribution in [0.4, 0.5) is 5.69 Å². The van der Waals surface area contributed by atoms with E-state index in [9.17, 15) is 10.1 Å². The van der Waals surface area contributed by atoms with Crippen LogP contribution in [-0.4, -0.2) is 31.0 Å². The van der Waals surface area contributed by atoms with Crippen LogP contribution in [0.3, 0.4) is 0 Å². The van der Waals surface area contributed by atoms with Crippen molar-refractivity contribution in [2.24, 2.45) is 5.92 Å². The van der Waals surface area contributed by atoms with E-state index in [1.54, 1.807) is 18.3 Å². The number of nitrogens with zero attached hydrogens (tertiary/aromatic N) is 4. The highest BCUT2D eigenvalue weighted by atomic mass is 32.1. The van der Waals surface area contributed by atoms with Crippen LogP contribution in [0, 0.1) is 16.0 Å². The van der Waals surface area contributed by atoms with Gasteiger partial charge in [0, 0.05) is 36.8 Å². The topological polar surface area (TPSA) is 76.2 Å². The van der Waals surface area contributed by atoms with Crippen molar-refractivity contribution in [1.82, 2.24) is 19.8 Å². The molecule has 0 radical (unpaired) electrons. The number of hydrogen-bond acceptors (Lipinski definition) is 4. The summed E-state index contributed by atoms with van der Waals surface area (Å²) in [5, 5.41) is 15.4. The van der Waals surface area contributed by atoms with Gasteiger partial charge in [-0.2, -0.15) is 0 Å². The normalized spacial score (nSPS) is 18.6. The van der Waals surface area contributed by atoms with E-state index in [-0.39, 0.29) is 22.7 Å². The van der Waals surface area contributed by atoms with E-state index in [0.717, 1.165) is 23.6 Å². The van der Waals surface area contributed by atoms with Gasteiger partial charge < -0.3 is 14.8 Å². The largest absolute Gasteiger partial charge is 0.352 e. The van der Waals surface area contributed by atoms with E-state index in [1.165, 1.54) is 6.07 Å². The van der Waals surface area contributed by atoms with Crippen molar-refractivity contribution >= 4 is 23.0 Å². The van der Waals surface area contributed by atoms with Gasteiger partial charge >= 0.3 is 0 Å². The summed E-state index contributed by atoms with van der Waals surface area (Å²) in [4.78, 5) is 17.7. The highest BCUT2D eigenvalue weighted by Crippen LogP contribution is 2.40. The zero-order chi connectivity index (χ0) is 21.3. The molecule has 3 heterocycles. The lowest BCUT2D eigenvalue weighted by Gasteiger charge is -2.30. The van der Waals surface area contributed by atoms with E-state index < -0.39 is 0 Å². The first-order valence-electron chi connectivity index (χ1n) is 9.86. The quantitative estimate of drug-likeness (QED) is 0.361. The van der Waals surface area contributed by atoms with Crippen molar-refractivity contribution in [2.45, 2.75) is 25.9 Å². The van der Waals surface area contributed by atoms with Crippen molar-refractivity contribution in [3.63, 3.8) is 0 Å². The van der Waals surface area contributed by atoms with E-state index in [4.69, 9.17) is 12.2 Å². The van der Waals surface area contributed by atoms with Crippen molar-refractivity contribution in [3.8, 4) is 5.69 Å². The second kappa shape index (κ2) is 8.23. The number of benzene rings is 1. The molecule has 1 fully saturated rings. The molecule has 1 aliphatic rings. The average Bonchev–Trinajstić information content (AvgIpc) is 3.33. The van der Waals surface area contributed by atoms with Crippen LogP contribution in [-0.2, 0) is 0 Å². The fourth-order valence-electron chi connectivity index (χ4n) is 3.94. The summed E-state index contributed by atoms with van der Waals surface area (Å²) in [5.41, 5.74) is 2.71. The third-order valence-corrected chi connectivity index (χ3v) is 5.51. The summed E-state index contributed by atoms with van der Waals surface area (Å²) >= 11 is 5.69. The Kier molecular flexibility index (Phi) is 5.50. The van der Waals surface area contributed by atoms with Crippen LogP contribution in [0.2, 0.25) is 0 Å². The smallest absolute Gasteiger partial charge is 0.271 e. The third kappa shape index (κ3) is 3.78. The molecule has 2 aromatic heterocycles. The number of pyridine rings is 1. The number of hydrogen-bond donors (Lipinski definition) is 1. The number of non-ortho nitro benzene ring substituents is 1. The molecule has 1 aromatic carbocycles. The number of nitro groups is 1. The average molecular weight is 422 g/mol. The van der Waals surface area contributed by atoms with Crippen LogP contribution in [0.1, 0.15) is 37.3 Å². The molecule has 7 nitrogen and oxygen atoms in total. The number of aromatic nitrogens is 2. The Morgan fingerprint density at radius 3 is 2.73 bits per heavy atom. The third-order valence-electron chi connectivity index (χ3n) is 5.16. The number of nitrogens with one attached hydrogen (secondary N) is 1. The lowest BCUT2D eigenvalue weighted by atomic mass is 10.0. The monoisotopic (exact) mass is 421 g/mol. The summed E-state index contributed by atoms with van der Waals surface area (Å²) in [6.07, 6.45) is 3.71. The molecule has 0 spiro atoms. The molecule has 0 bridgehead atoms. The van der Waals surface area contributed by atoms with Crippen LogP contribution >= 0.6 is 12.2 Å². The first-order chi connectivity index (χ1) is 14.5. The minimum atomic E-state index is -0.374. The lowest BCUT2D eigenvalue weighted by Crippen LogP contribution is -2.33. The first kappa shape index (κ1) is 20.0. The van der Waals surface area contributed by atoms with Gasteiger partial charge in [-0.15, -0.1) is 0 Å². The molecule has 1 aliphatic heterocycles. The van der Waals surface area contributed by atoms with Crippen LogP contribution in [0.5, 0.6) is 0 Å². The van der Waals surface area contributed by atoms with Gasteiger partial charge in [0.15, 0.2) is 5.11 Å². The molecule has 2 atom stereocenters. The van der Waals surface area contributed by atoms with E-state index >= 15 is 0 Å². The Balaban J connectivity index is 1.81. The van der Waals surface area contributed by atoms with Gasteiger partial charge in [0.05, 0.1) is 28.4 Å². The van der Waals surface area contributed by atoms with Crippen LogP contribution in [0.15, 0.2) is 67.0 Å². The molecule has 1 saturated heterocycles. The van der Waals surface area contributed by atoms with Crippen LogP contribution < -0.4 is 5.32 Å². The van der Waals surface area contributed by atoms with Gasteiger partial charge in [-0.3, -0.25) is 15.1 Å². The Morgan fingerprint density at radius 1 is 1.20 bits per heavy atom. The fraction of sp³-hybridized carbons (Fsp3) is 0.273. The molecule has 0 saturated carbocycles. The minimum absolute atomic E-state index is 0.0625. The highest BCUT2D eigenvalue weighted by Gasteiger charge is 2.41. The molecule has 30 heavy (non-hydrogen) atoms. The lowest BCUT2D eigenvalue weighted by molar-refractivity contribution is -0.384. The number of nitro benzene ring substituents is 1. The molecule has 154 valence electrons. The summed E-state index contributed by atoms with van der Waals surface area (Å²) in [7, 11) is 0. The molecule has 0 unspecified atom stereocenters. The first-order valence-corrected chi connectivity index (χ1v) is 10.3. The fourth-order valence-corrected chi connectivity index (χ4v) is 4.26. The molecule has 0 aliphatic carbocycles. The Bertz CT molecular complexity index is 1070. The van der Waals surface area contributed by atoms with Gasteiger partial charge in [-0.05, 0) is 48.5 Å². The van der Waals surface area contributed by atoms with Gasteiger partial charge in [0.25, 0.3) is 5.69 Å². The van der Waals surface area contributed by atoms with E-state index in [2.05, 4.69) is 29.0 Å². The van der Waals surface area contributed by atoms with Crippen molar-refractivity contribution in [1.29, 1.82) is 0 Å². The van der Waals surface area contributed by atoms with E-state index in [1.807, 2.05) is 47.2 Å². The van der Waals surface area contributed by atoms with Gasteiger partial charge in [-0.1, -0.05) is 26.0 Å². The minimum Gasteiger partial charge on any atom is -0.352 e. The van der Waals surface area contributed by atoms with Gasteiger partial charge in [0.2, 0.25) is 0 Å². The van der Waals surface area contributed by atoms with Gasteiger partial charge in [-0.25, -0.2) is 0 Å². The Hall–Kier alpha value is -3.26. The molecule has 8 heteroatoms. The molecular formula is C22H23N5O2S. The maximum atomic E-state index is 11.3. The maximum absolute atomic E-state index is 11.3. The molecular weight excluding hydrogens is 398 g/mol. The maximum Gasteiger partial charge on any atom is 0.271 e. The zero-order valence-electron chi connectivity index (χ0n) is 16.8. The summed E-state index contributed by atoms with van der Waals surface area (Å²) in [5.74, 6) is 0.413. The number of thiocarbonyl (C=S) groups is 1. The molecule has 0 amide bonds. The summed E-state index contributed by atoms with van der Waals surface area (Å²) in [6.45, 7) is 5.11. The second-order valence-corrected chi connectivity index (χ2v) is 8.14. The van der Waals surface area contributed by atoms with Crippen LogP contribution in [0.25, 0.3) is 5.69 Å². The summed E-state index contributed by atoms with van der Waals surface area (Å²) in [6, 6.07) is 16.3. The second-order valence-electron chi connectivity index (χ2n) is 7.75. The van der Waals surface area contributed by atoms with Gasteiger partial charge in [0.1, 0.15) is 0 Å². The Morgan fingerprint density at radius 2 is 2.03 bits per heavy atom. The summed E-state index contributed by atoms with van der Waals surface area (Å²) < 4.78 is 2.00. The number of rotatable bonds is 6. The van der Waals surface area contributed by atoms with E-state index in [0.29, 0.717) is 11.0 Å². The molecule has 4 rings (SSSR count). The Labute approximate surface area is 180 Å². The predicted octanol–water partition coefficient (Wildman–Crippen LogP) is 4.41.